The molecule has 6 heteroatoms. The van der Waals surface area contributed by atoms with Crippen LogP contribution in [0.3, 0.4) is 0 Å². The molecule has 5 nitrogen and oxygen atoms in total. The van der Waals surface area contributed by atoms with Crippen LogP contribution in [0.2, 0.25) is 0 Å². The molecule has 102 valence electrons. The van der Waals surface area contributed by atoms with Gasteiger partial charge in [0.25, 0.3) is 0 Å². The van der Waals surface area contributed by atoms with Gasteiger partial charge in [-0.15, -0.1) is 11.3 Å². The van der Waals surface area contributed by atoms with Crippen LogP contribution in [-0.4, -0.2) is 17.1 Å². The molecular formula is C13H18N4OS. The van der Waals surface area contributed by atoms with Gasteiger partial charge in [-0.05, 0) is 26.0 Å². The molecule has 3 N–H and O–H groups in total. The summed E-state index contributed by atoms with van der Waals surface area (Å²) in [6.07, 6.45) is 0. The smallest absolute Gasteiger partial charge is 0.158 e. The molecule has 0 bridgehead atoms. The number of thiophene rings is 1. The van der Waals surface area contributed by atoms with Crippen LogP contribution < -0.4 is 11.1 Å². The number of hydrogen-bond donors (Lipinski definition) is 2. The number of aromatic nitrogens is 2. The van der Waals surface area contributed by atoms with Crippen LogP contribution in [0.25, 0.3) is 0 Å². The summed E-state index contributed by atoms with van der Waals surface area (Å²) in [5, 5.41) is 3.33. The van der Waals surface area contributed by atoms with Gasteiger partial charge in [-0.2, -0.15) is 0 Å². The number of nitrogens with one attached hydrogen (secondary N) is 1. The zero-order chi connectivity index (χ0) is 13.8. The van der Waals surface area contributed by atoms with Crippen LogP contribution in [0.4, 0.5) is 11.6 Å². The van der Waals surface area contributed by atoms with Crippen molar-refractivity contribution in [2.45, 2.75) is 26.5 Å². The Kier molecular flexibility index (Phi) is 4.34. The Morgan fingerprint density at radius 3 is 2.84 bits per heavy atom. The van der Waals surface area contributed by atoms with E-state index in [-0.39, 0.29) is 6.04 Å². The molecule has 0 saturated carbocycles. The van der Waals surface area contributed by atoms with Crippen molar-refractivity contribution in [3.8, 4) is 0 Å². The molecule has 0 radical (unpaired) electrons. The Labute approximate surface area is 116 Å². The molecule has 1 atom stereocenters. The van der Waals surface area contributed by atoms with Gasteiger partial charge in [0.2, 0.25) is 0 Å². The van der Waals surface area contributed by atoms with E-state index in [4.69, 9.17) is 10.5 Å². The Morgan fingerprint density at radius 1 is 1.42 bits per heavy atom. The zero-order valence-corrected chi connectivity index (χ0v) is 12.1. The minimum absolute atomic E-state index is 0.184. The van der Waals surface area contributed by atoms with Gasteiger partial charge in [0.1, 0.15) is 18.2 Å². The summed E-state index contributed by atoms with van der Waals surface area (Å²) in [4.78, 5) is 11.0. The normalized spacial score (nSPS) is 12.4. The van der Waals surface area contributed by atoms with E-state index in [1.165, 1.54) is 9.75 Å². The van der Waals surface area contributed by atoms with Crippen molar-refractivity contribution in [2.75, 3.05) is 18.2 Å². The first-order valence-electron chi connectivity index (χ1n) is 6.03. The van der Waals surface area contributed by atoms with Crippen LogP contribution >= 0.6 is 11.3 Å². The third-order valence-electron chi connectivity index (χ3n) is 2.62. The Bertz CT molecular complexity index is 555. The predicted octanol–water partition coefficient (Wildman–Crippen LogP) is 2.75. The molecular weight excluding hydrogens is 260 g/mol. The number of nitrogens with two attached hydrogens (primary N) is 1. The van der Waals surface area contributed by atoms with Crippen LogP contribution in [0, 0.1) is 6.92 Å². The van der Waals surface area contributed by atoms with E-state index < -0.39 is 0 Å². The van der Waals surface area contributed by atoms with Crippen LogP contribution in [-0.2, 0) is 11.3 Å². The second-order valence-electron chi connectivity index (χ2n) is 4.34. The number of anilines is 2. The predicted molar refractivity (Wildman–Crippen MR) is 78.3 cm³/mol. The van der Waals surface area contributed by atoms with E-state index in [1.807, 2.05) is 0 Å². The van der Waals surface area contributed by atoms with Gasteiger partial charge in [0.15, 0.2) is 5.82 Å². The SMILES string of the molecule is COCc1nc(N)cc(NC(C)c2ccc(C)s2)n1. The molecule has 0 amide bonds. The van der Waals surface area contributed by atoms with Crippen molar-refractivity contribution >= 4 is 23.0 Å². The van der Waals surface area contributed by atoms with Crippen molar-refractivity contribution in [1.29, 1.82) is 0 Å². The highest BCUT2D eigenvalue weighted by atomic mass is 32.1. The fourth-order valence-corrected chi connectivity index (χ4v) is 2.64. The Balaban J connectivity index is 2.14. The second kappa shape index (κ2) is 5.99. The average Bonchev–Trinajstić information content (AvgIpc) is 2.75. The van der Waals surface area contributed by atoms with Crippen LogP contribution in [0.1, 0.15) is 28.5 Å². The molecule has 2 aromatic heterocycles. The molecule has 19 heavy (non-hydrogen) atoms. The van der Waals surface area contributed by atoms with E-state index >= 15 is 0 Å². The molecule has 0 fully saturated rings. The van der Waals surface area contributed by atoms with Crippen LogP contribution in [0.15, 0.2) is 18.2 Å². The average molecular weight is 278 g/mol. The van der Waals surface area contributed by atoms with Gasteiger partial charge in [-0.1, -0.05) is 0 Å². The minimum Gasteiger partial charge on any atom is -0.384 e. The maximum Gasteiger partial charge on any atom is 0.158 e. The standard InChI is InChI=1S/C13H18N4OS/c1-8-4-5-10(19-8)9(2)15-12-6-11(14)16-13(17-12)7-18-3/h4-6,9H,7H2,1-3H3,(H3,14,15,16,17). The highest BCUT2D eigenvalue weighted by molar-refractivity contribution is 7.12. The maximum atomic E-state index is 5.76. The summed E-state index contributed by atoms with van der Waals surface area (Å²) < 4.78 is 5.02. The van der Waals surface area contributed by atoms with Crippen molar-refractivity contribution in [3.05, 3.63) is 33.8 Å². The van der Waals surface area contributed by atoms with Gasteiger partial charge >= 0.3 is 0 Å². The molecule has 0 aliphatic rings. The van der Waals surface area contributed by atoms with Crippen molar-refractivity contribution in [1.82, 2.24) is 9.97 Å². The van der Waals surface area contributed by atoms with Gasteiger partial charge in [-0.25, -0.2) is 9.97 Å². The summed E-state index contributed by atoms with van der Waals surface area (Å²) in [7, 11) is 1.61. The van der Waals surface area contributed by atoms with E-state index in [2.05, 4.69) is 41.3 Å². The van der Waals surface area contributed by atoms with E-state index in [1.54, 1.807) is 24.5 Å². The molecule has 0 aliphatic carbocycles. The van der Waals surface area contributed by atoms with Gasteiger partial charge in [0, 0.05) is 22.9 Å². The van der Waals surface area contributed by atoms with Gasteiger partial charge < -0.3 is 15.8 Å². The van der Waals surface area contributed by atoms with Crippen molar-refractivity contribution < 1.29 is 4.74 Å². The summed E-state index contributed by atoms with van der Waals surface area (Å²) in [6, 6.07) is 6.15. The van der Waals surface area contributed by atoms with Gasteiger partial charge in [-0.3, -0.25) is 0 Å². The summed E-state index contributed by atoms with van der Waals surface area (Å²) >= 11 is 1.77. The molecule has 2 heterocycles. The number of nitrogen functional groups attached to an aromatic ring is 1. The number of nitrogens with zero attached hydrogens (tertiary/aromatic N) is 2. The summed E-state index contributed by atoms with van der Waals surface area (Å²) in [5.41, 5.74) is 5.76. The lowest BCUT2D eigenvalue weighted by molar-refractivity contribution is 0.178. The van der Waals surface area contributed by atoms with E-state index in [0.717, 1.165) is 5.82 Å². The topological polar surface area (TPSA) is 73.1 Å². The van der Waals surface area contributed by atoms with Gasteiger partial charge in [0.05, 0.1) is 6.04 Å². The fraction of sp³-hybridized carbons (Fsp3) is 0.385. The molecule has 2 aromatic rings. The first-order valence-corrected chi connectivity index (χ1v) is 6.85. The molecule has 0 aliphatic heterocycles. The van der Waals surface area contributed by atoms with Crippen molar-refractivity contribution in [3.63, 3.8) is 0 Å². The summed E-state index contributed by atoms with van der Waals surface area (Å²) in [6.45, 7) is 4.55. The van der Waals surface area contributed by atoms with E-state index in [9.17, 15) is 0 Å². The Morgan fingerprint density at radius 2 is 2.21 bits per heavy atom. The highest BCUT2D eigenvalue weighted by Crippen LogP contribution is 2.25. The third-order valence-corrected chi connectivity index (χ3v) is 3.80. The molecule has 2 rings (SSSR count). The zero-order valence-electron chi connectivity index (χ0n) is 11.3. The molecule has 0 saturated heterocycles. The highest BCUT2D eigenvalue weighted by Gasteiger charge is 2.10. The minimum atomic E-state index is 0.184. The second-order valence-corrected chi connectivity index (χ2v) is 5.66. The Hall–Kier alpha value is -1.66. The number of rotatable bonds is 5. The van der Waals surface area contributed by atoms with Crippen LogP contribution in [0.5, 0.6) is 0 Å². The molecule has 1 unspecified atom stereocenters. The fourth-order valence-electron chi connectivity index (χ4n) is 1.76. The maximum absolute atomic E-state index is 5.76. The first-order chi connectivity index (χ1) is 9.08. The lowest BCUT2D eigenvalue weighted by Gasteiger charge is -2.14. The number of methoxy groups -OCH3 is 1. The number of ether oxygens (including phenoxy) is 1. The number of aryl methyl sites for hydroxylation is 1. The monoisotopic (exact) mass is 278 g/mol. The third kappa shape index (κ3) is 3.65. The van der Waals surface area contributed by atoms with Crippen molar-refractivity contribution in [2.24, 2.45) is 0 Å². The largest absolute Gasteiger partial charge is 0.384 e. The molecule has 0 spiro atoms. The lowest BCUT2D eigenvalue weighted by atomic mass is 10.2. The lowest BCUT2D eigenvalue weighted by Crippen LogP contribution is -2.10. The quantitative estimate of drug-likeness (QED) is 0.879. The molecule has 0 aromatic carbocycles. The first kappa shape index (κ1) is 13.8. The summed E-state index contributed by atoms with van der Waals surface area (Å²) in [5.74, 6) is 1.75. The van der Waals surface area contributed by atoms with E-state index in [0.29, 0.717) is 18.2 Å². The number of hydrogen-bond acceptors (Lipinski definition) is 6.